The lowest BCUT2D eigenvalue weighted by Gasteiger charge is -2.16. The van der Waals surface area contributed by atoms with Gasteiger partial charge in [-0.25, -0.2) is 0 Å². The van der Waals surface area contributed by atoms with Gasteiger partial charge in [-0.3, -0.25) is 5.32 Å². The number of hydrogen-bond donors (Lipinski definition) is 1. The van der Waals surface area contributed by atoms with Gasteiger partial charge in [0.2, 0.25) is 0 Å². The largest absolute Gasteiger partial charge is 0.383 e. The van der Waals surface area contributed by atoms with Gasteiger partial charge in [-0.2, -0.15) is 5.26 Å². The lowest BCUT2D eigenvalue weighted by molar-refractivity contribution is 0.193. The summed E-state index contributed by atoms with van der Waals surface area (Å²) in [6.45, 7) is 5.04. The maximum absolute atomic E-state index is 8.54. The Balaban J connectivity index is 3.40. The summed E-state index contributed by atoms with van der Waals surface area (Å²) in [6.07, 6.45) is 0. The van der Waals surface area contributed by atoms with Crippen LogP contribution in [-0.2, 0) is 4.74 Å². The Morgan fingerprint density at radius 2 is 2.20 bits per heavy atom. The minimum absolute atomic E-state index is 0.432. The zero-order chi connectivity index (χ0) is 8.04. The highest BCUT2D eigenvalue weighted by Gasteiger charge is 2.13. The van der Waals surface area contributed by atoms with Crippen LogP contribution in [0.25, 0.3) is 0 Å². The average molecular weight is 142 g/mol. The summed E-state index contributed by atoms with van der Waals surface area (Å²) in [5, 5.41) is 11.6. The van der Waals surface area contributed by atoms with Crippen molar-refractivity contribution in [3.63, 3.8) is 0 Å². The molecule has 0 heterocycles. The quantitative estimate of drug-likeness (QED) is 0.582. The Bertz CT molecular complexity index is 126. The molecular weight excluding hydrogens is 128 g/mol. The SMILES string of the molecule is COCCNC(C)(C)C#N. The van der Waals surface area contributed by atoms with Gasteiger partial charge in [-0.05, 0) is 13.8 Å². The summed E-state index contributed by atoms with van der Waals surface area (Å²) in [5.74, 6) is 0. The molecule has 3 heteroatoms. The van der Waals surface area contributed by atoms with Gasteiger partial charge in [0, 0.05) is 13.7 Å². The second-order valence-electron chi connectivity index (χ2n) is 2.66. The van der Waals surface area contributed by atoms with Crippen LogP contribution < -0.4 is 5.32 Å². The second-order valence-corrected chi connectivity index (χ2v) is 2.66. The van der Waals surface area contributed by atoms with E-state index in [1.165, 1.54) is 0 Å². The van der Waals surface area contributed by atoms with E-state index in [2.05, 4.69) is 11.4 Å². The second kappa shape index (κ2) is 4.26. The highest BCUT2D eigenvalue weighted by molar-refractivity contribution is 4.99. The van der Waals surface area contributed by atoms with Crippen molar-refractivity contribution in [3.05, 3.63) is 0 Å². The summed E-state index contributed by atoms with van der Waals surface area (Å²) >= 11 is 0. The van der Waals surface area contributed by atoms with E-state index in [1.54, 1.807) is 7.11 Å². The van der Waals surface area contributed by atoms with Crippen LogP contribution in [0, 0.1) is 11.3 Å². The smallest absolute Gasteiger partial charge is 0.101 e. The summed E-state index contributed by atoms with van der Waals surface area (Å²) in [5.41, 5.74) is -0.432. The monoisotopic (exact) mass is 142 g/mol. The van der Waals surface area contributed by atoms with Crippen LogP contribution >= 0.6 is 0 Å². The first-order valence-electron chi connectivity index (χ1n) is 3.27. The van der Waals surface area contributed by atoms with E-state index < -0.39 is 5.54 Å². The molecule has 58 valence electrons. The van der Waals surface area contributed by atoms with Gasteiger partial charge in [-0.15, -0.1) is 0 Å². The van der Waals surface area contributed by atoms with Crippen molar-refractivity contribution in [1.29, 1.82) is 5.26 Å². The van der Waals surface area contributed by atoms with Gasteiger partial charge in [-0.1, -0.05) is 0 Å². The summed E-state index contributed by atoms with van der Waals surface area (Å²) in [6, 6.07) is 2.13. The van der Waals surface area contributed by atoms with Crippen LogP contribution in [0.5, 0.6) is 0 Å². The number of hydrogen-bond acceptors (Lipinski definition) is 3. The van der Waals surface area contributed by atoms with Crippen molar-refractivity contribution in [1.82, 2.24) is 5.32 Å². The maximum atomic E-state index is 8.54. The van der Waals surface area contributed by atoms with Gasteiger partial charge in [0.05, 0.1) is 12.7 Å². The predicted octanol–water partition coefficient (Wildman–Crippen LogP) is 0.525. The topological polar surface area (TPSA) is 45.0 Å². The van der Waals surface area contributed by atoms with Crippen LogP contribution in [0.1, 0.15) is 13.8 Å². The first kappa shape index (κ1) is 9.41. The van der Waals surface area contributed by atoms with E-state index in [0.717, 1.165) is 6.54 Å². The molecule has 0 aliphatic heterocycles. The summed E-state index contributed by atoms with van der Waals surface area (Å²) < 4.78 is 4.81. The van der Waals surface area contributed by atoms with Crippen molar-refractivity contribution in [2.45, 2.75) is 19.4 Å². The minimum atomic E-state index is -0.432. The van der Waals surface area contributed by atoms with Crippen LogP contribution in [0.3, 0.4) is 0 Å². The third kappa shape index (κ3) is 4.30. The summed E-state index contributed by atoms with van der Waals surface area (Å²) in [4.78, 5) is 0. The molecule has 0 aromatic carbocycles. The Morgan fingerprint density at radius 1 is 1.60 bits per heavy atom. The van der Waals surface area contributed by atoms with Crippen LogP contribution in [0.4, 0.5) is 0 Å². The van der Waals surface area contributed by atoms with E-state index >= 15 is 0 Å². The number of nitriles is 1. The van der Waals surface area contributed by atoms with Gasteiger partial charge >= 0.3 is 0 Å². The average Bonchev–Trinajstić information content (AvgIpc) is 1.89. The molecule has 0 aliphatic rings. The fourth-order valence-corrected chi connectivity index (χ4v) is 0.505. The van der Waals surface area contributed by atoms with Gasteiger partial charge < -0.3 is 4.74 Å². The first-order valence-corrected chi connectivity index (χ1v) is 3.27. The third-order valence-corrected chi connectivity index (χ3v) is 1.15. The molecule has 0 bridgehead atoms. The standard InChI is InChI=1S/C7H14N2O/c1-7(2,6-8)9-4-5-10-3/h9H,4-5H2,1-3H3. The fourth-order valence-electron chi connectivity index (χ4n) is 0.505. The predicted molar refractivity (Wildman–Crippen MR) is 39.6 cm³/mol. The van der Waals surface area contributed by atoms with E-state index in [1.807, 2.05) is 13.8 Å². The van der Waals surface area contributed by atoms with Crippen LogP contribution in [0.15, 0.2) is 0 Å². The number of nitrogens with one attached hydrogen (secondary N) is 1. The molecule has 0 atom stereocenters. The fraction of sp³-hybridized carbons (Fsp3) is 0.857. The Labute approximate surface area is 62.0 Å². The normalized spacial score (nSPS) is 11.0. The maximum Gasteiger partial charge on any atom is 0.101 e. The zero-order valence-corrected chi connectivity index (χ0v) is 6.77. The molecular formula is C7H14N2O. The van der Waals surface area contributed by atoms with Gasteiger partial charge in [0.15, 0.2) is 0 Å². The Morgan fingerprint density at radius 3 is 2.60 bits per heavy atom. The van der Waals surface area contributed by atoms with E-state index in [0.29, 0.717) is 6.61 Å². The van der Waals surface area contributed by atoms with Crippen molar-refractivity contribution < 1.29 is 4.74 Å². The number of rotatable bonds is 4. The number of methoxy groups -OCH3 is 1. The van der Waals surface area contributed by atoms with E-state index in [4.69, 9.17) is 10.00 Å². The van der Waals surface area contributed by atoms with Crippen molar-refractivity contribution in [2.75, 3.05) is 20.3 Å². The van der Waals surface area contributed by atoms with Crippen molar-refractivity contribution in [2.24, 2.45) is 0 Å². The van der Waals surface area contributed by atoms with Gasteiger partial charge in [0.25, 0.3) is 0 Å². The molecule has 0 radical (unpaired) electrons. The highest BCUT2D eigenvalue weighted by Crippen LogP contribution is 1.96. The van der Waals surface area contributed by atoms with Gasteiger partial charge in [0.1, 0.15) is 5.54 Å². The molecule has 0 aromatic rings. The van der Waals surface area contributed by atoms with Crippen molar-refractivity contribution in [3.8, 4) is 6.07 Å². The van der Waals surface area contributed by atoms with E-state index in [9.17, 15) is 0 Å². The first-order chi connectivity index (χ1) is 4.62. The Hall–Kier alpha value is -0.590. The third-order valence-electron chi connectivity index (χ3n) is 1.15. The molecule has 1 N–H and O–H groups in total. The molecule has 10 heavy (non-hydrogen) atoms. The molecule has 0 aromatic heterocycles. The molecule has 0 amide bonds. The molecule has 0 fully saturated rings. The summed E-state index contributed by atoms with van der Waals surface area (Å²) in [7, 11) is 1.64. The lowest BCUT2D eigenvalue weighted by Crippen LogP contribution is -2.39. The molecule has 0 spiro atoms. The molecule has 0 saturated heterocycles. The molecule has 3 nitrogen and oxygen atoms in total. The zero-order valence-electron chi connectivity index (χ0n) is 6.77. The molecule has 0 saturated carbocycles. The van der Waals surface area contributed by atoms with Crippen molar-refractivity contribution >= 4 is 0 Å². The molecule has 0 rings (SSSR count). The molecule has 0 aliphatic carbocycles. The highest BCUT2D eigenvalue weighted by atomic mass is 16.5. The molecule has 0 unspecified atom stereocenters. The van der Waals surface area contributed by atoms with Crippen LogP contribution in [0.2, 0.25) is 0 Å². The number of ether oxygens (including phenoxy) is 1. The Kier molecular flexibility index (Phi) is 4.01. The van der Waals surface area contributed by atoms with Crippen LogP contribution in [-0.4, -0.2) is 25.8 Å². The van der Waals surface area contributed by atoms with E-state index in [-0.39, 0.29) is 0 Å². The minimum Gasteiger partial charge on any atom is -0.383 e. The number of nitrogens with zero attached hydrogens (tertiary/aromatic N) is 1. The lowest BCUT2D eigenvalue weighted by atomic mass is 10.1.